The second-order valence-electron chi connectivity index (χ2n) is 6.93. The van der Waals surface area contributed by atoms with E-state index in [9.17, 15) is 9.59 Å². The van der Waals surface area contributed by atoms with Crippen molar-refractivity contribution in [2.24, 2.45) is 0 Å². The van der Waals surface area contributed by atoms with E-state index >= 15 is 0 Å². The second kappa shape index (κ2) is 6.87. The Kier molecular flexibility index (Phi) is 4.06. The van der Waals surface area contributed by atoms with Gasteiger partial charge >= 0.3 is 0 Å². The molecule has 5 nitrogen and oxygen atoms in total. The number of amides is 1. The molecule has 0 aliphatic heterocycles. The minimum absolute atomic E-state index is 0.0283. The molecule has 0 spiro atoms. The maximum Gasteiger partial charge on any atom is 0.251 e. The van der Waals surface area contributed by atoms with Gasteiger partial charge in [-0.2, -0.15) is 5.10 Å². The van der Waals surface area contributed by atoms with E-state index in [1.165, 1.54) is 0 Å². The maximum atomic E-state index is 12.6. The van der Waals surface area contributed by atoms with Gasteiger partial charge in [0.25, 0.3) is 5.91 Å². The largest absolute Gasteiger partial charge is 0.348 e. The van der Waals surface area contributed by atoms with Gasteiger partial charge in [-0.25, -0.2) is 4.68 Å². The van der Waals surface area contributed by atoms with Gasteiger partial charge in [-0.1, -0.05) is 42.5 Å². The molecule has 1 aliphatic rings. The SMILES string of the molecule is O=C(NCc1ccc(-n2cccn2)cc1)c1ccc2c(c1)C(=O)c1ccccc1-2. The molecule has 0 radical (unpaired) electrons. The van der Waals surface area contributed by atoms with Gasteiger partial charge in [0, 0.05) is 35.6 Å². The van der Waals surface area contributed by atoms with Crippen molar-refractivity contribution in [3.8, 4) is 16.8 Å². The summed E-state index contributed by atoms with van der Waals surface area (Å²) in [6.07, 6.45) is 3.61. The molecule has 5 heteroatoms. The van der Waals surface area contributed by atoms with Gasteiger partial charge in [0.1, 0.15) is 0 Å². The van der Waals surface area contributed by atoms with Crippen LogP contribution < -0.4 is 5.32 Å². The highest BCUT2D eigenvalue weighted by atomic mass is 16.1. The van der Waals surface area contributed by atoms with Crippen LogP contribution in [-0.4, -0.2) is 21.5 Å². The molecule has 0 atom stereocenters. The molecule has 0 fully saturated rings. The molecule has 0 bridgehead atoms. The average Bonchev–Trinajstić information content (AvgIpc) is 3.40. The van der Waals surface area contributed by atoms with E-state index in [-0.39, 0.29) is 11.7 Å². The Morgan fingerprint density at radius 1 is 0.862 bits per heavy atom. The summed E-state index contributed by atoms with van der Waals surface area (Å²) in [6.45, 7) is 0.406. The first-order valence-corrected chi connectivity index (χ1v) is 9.36. The Hall–Kier alpha value is -3.99. The lowest BCUT2D eigenvalue weighted by Gasteiger charge is -2.08. The van der Waals surface area contributed by atoms with E-state index in [1.54, 1.807) is 23.0 Å². The summed E-state index contributed by atoms with van der Waals surface area (Å²) in [6, 6.07) is 22.5. The summed E-state index contributed by atoms with van der Waals surface area (Å²) in [5, 5.41) is 7.12. The average molecular weight is 379 g/mol. The Morgan fingerprint density at radius 2 is 1.62 bits per heavy atom. The lowest BCUT2D eigenvalue weighted by molar-refractivity contribution is 0.0951. The minimum Gasteiger partial charge on any atom is -0.348 e. The van der Waals surface area contributed by atoms with Crippen LogP contribution in [0.3, 0.4) is 0 Å². The highest BCUT2D eigenvalue weighted by Gasteiger charge is 2.26. The molecule has 1 aliphatic carbocycles. The van der Waals surface area contributed by atoms with Gasteiger partial charge in [-0.3, -0.25) is 9.59 Å². The number of carbonyl (C=O) groups is 2. The number of fused-ring (bicyclic) bond motifs is 3. The van der Waals surface area contributed by atoms with Crippen LogP contribution in [0.15, 0.2) is 85.2 Å². The molecular weight excluding hydrogens is 362 g/mol. The Bertz CT molecular complexity index is 1230. The van der Waals surface area contributed by atoms with Crippen LogP contribution in [0.5, 0.6) is 0 Å². The number of hydrogen-bond donors (Lipinski definition) is 1. The fourth-order valence-electron chi connectivity index (χ4n) is 3.64. The fourth-order valence-corrected chi connectivity index (χ4v) is 3.64. The summed E-state index contributed by atoms with van der Waals surface area (Å²) in [7, 11) is 0. The fraction of sp³-hybridized carbons (Fsp3) is 0.0417. The number of aromatic nitrogens is 2. The van der Waals surface area contributed by atoms with E-state index in [4.69, 9.17) is 0 Å². The summed E-state index contributed by atoms with van der Waals surface area (Å²) in [5.74, 6) is -0.229. The smallest absolute Gasteiger partial charge is 0.251 e. The normalized spacial score (nSPS) is 11.8. The Balaban J connectivity index is 1.30. The van der Waals surface area contributed by atoms with Gasteiger partial charge in [0.05, 0.1) is 5.69 Å². The molecule has 0 unspecified atom stereocenters. The molecule has 4 aromatic rings. The van der Waals surface area contributed by atoms with Crippen LogP contribution >= 0.6 is 0 Å². The van der Waals surface area contributed by atoms with Crippen LogP contribution in [-0.2, 0) is 6.54 Å². The van der Waals surface area contributed by atoms with Crippen molar-refractivity contribution in [1.29, 1.82) is 0 Å². The molecule has 0 saturated carbocycles. The molecule has 29 heavy (non-hydrogen) atoms. The Morgan fingerprint density at radius 3 is 2.38 bits per heavy atom. The van der Waals surface area contributed by atoms with Gasteiger partial charge < -0.3 is 5.32 Å². The number of rotatable bonds is 4. The number of hydrogen-bond acceptors (Lipinski definition) is 3. The van der Waals surface area contributed by atoms with Crippen LogP contribution in [0.4, 0.5) is 0 Å². The monoisotopic (exact) mass is 379 g/mol. The third kappa shape index (κ3) is 3.02. The first-order chi connectivity index (χ1) is 14.2. The van der Waals surface area contributed by atoms with E-state index < -0.39 is 0 Å². The van der Waals surface area contributed by atoms with Gasteiger partial charge in [-0.15, -0.1) is 0 Å². The molecule has 140 valence electrons. The van der Waals surface area contributed by atoms with E-state index in [2.05, 4.69) is 10.4 Å². The zero-order valence-electron chi connectivity index (χ0n) is 15.5. The summed E-state index contributed by atoms with van der Waals surface area (Å²) >= 11 is 0. The third-order valence-corrected chi connectivity index (χ3v) is 5.15. The van der Waals surface area contributed by atoms with Gasteiger partial charge in [-0.05, 0) is 47.0 Å². The summed E-state index contributed by atoms with van der Waals surface area (Å²) in [5.41, 5.74) is 5.52. The maximum absolute atomic E-state index is 12.6. The molecule has 1 amide bonds. The number of nitrogens with zero attached hydrogens (tertiary/aromatic N) is 2. The number of benzene rings is 3. The van der Waals surface area contributed by atoms with Crippen LogP contribution in [0, 0.1) is 0 Å². The highest BCUT2D eigenvalue weighted by molar-refractivity contribution is 6.22. The number of nitrogens with one attached hydrogen (secondary N) is 1. The standard InChI is InChI=1S/C24H17N3O2/c28-23-21-5-2-1-4-19(21)20-11-8-17(14-22(20)23)24(29)25-15-16-6-9-18(10-7-16)27-13-3-12-26-27/h1-14H,15H2,(H,25,29). The third-order valence-electron chi connectivity index (χ3n) is 5.15. The van der Waals surface area contributed by atoms with Gasteiger partial charge in [0.2, 0.25) is 0 Å². The summed E-state index contributed by atoms with van der Waals surface area (Å²) < 4.78 is 1.78. The lowest BCUT2D eigenvalue weighted by Crippen LogP contribution is -2.23. The lowest BCUT2D eigenvalue weighted by atomic mass is 10.0. The first-order valence-electron chi connectivity index (χ1n) is 9.36. The topological polar surface area (TPSA) is 64.0 Å². The first kappa shape index (κ1) is 17.1. The van der Waals surface area contributed by atoms with Crippen LogP contribution in [0.1, 0.15) is 31.8 Å². The predicted octanol–water partition coefficient (Wildman–Crippen LogP) is 4.01. The molecule has 5 rings (SSSR count). The number of carbonyl (C=O) groups excluding carboxylic acids is 2. The van der Waals surface area contributed by atoms with E-state index in [1.807, 2.05) is 66.9 Å². The predicted molar refractivity (Wildman–Crippen MR) is 110 cm³/mol. The highest BCUT2D eigenvalue weighted by Crippen LogP contribution is 2.36. The van der Waals surface area contributed by atoms with Crippen molar-refractivity contribution >= 4 is 11.7 Å². The molecule has 1 heterocycles. The van der Waals surface area contributed by atoms with Crippen molar-refractivity contribution in [3.05, 3.63) is 107 Å². The molecular formula is C24H17N3O2. The zero-order valence-corrected chi connectivity index (χ0v) is 15.5. The second-order valence-corrected chi connectivity index (χ2v) is 6.93. The molecule has 1 N–H and O–H groups in total. The minimum atomic E-state index is -0.201. The molecule has 1 aromatic heterocycles. The van der Waals surface area contributed by atoms with Crippen molar-refractivity contribution < 1.29 is 9.59 Å². The van der Waals surface area contributed by atoms with E-state index in [0.29, 0.717) is 23.2 Å². The number of ketones is 1. The van der Waals surface area contributed by atoms with Crippen molar-refractivity contribution in [2.45, 2.75) is 6.54 Å². The molecule has 3 aromatic carbocycles. The zero-order chi connectivity index (χ0) is 19.8. The van der Waals surface area contributed by atoms with Crippen LogP contribution in [0.2, 0.25) is 0 Å². The quantitative estimate of drug-likeness (QED) is 0.513. The Labute approximate surface area is 167 Å². The summed E-state index contributed by atoms with van der Waals surface area (Å²) in [4.78, 5) is 25.2. The molecule has 0 saturated heterocycles. The van der Waals surface area contributed by atoms with Crippen molar-refractivity contribution in [3.63, 3.8) is 0 Å². The van der Waals surface area contributed by atoms with Crippen molar-refractivity contribution in [2.75, 3.05) is 0 Å². The van der Waals surface area contributed by atoms with Crippen LogP contribution in [0.25, 0.3) is 16.8 Å². The van der Waals surface area contributed by atoms with E-state index in [0.717, 1.165) is 22.4 Å². The van der Waals surface area contributed by atoms with Crippen molar-refractivity contribution in [1.82, 2.24) is 15.1 Å². The van der Waals surface area contributed by atoms with Gasteiger partial charge in [0.15, 0.2) is 5.78 Å².